The molecule has 0 spiro atoms. The van der Waals surface area contributed by atoms with Crippen molar-refractivity contribution in [3.8, 4) is 11.4 Å². The maximum atomic E-state index is 12.3. The summed E-state index contributed by atoms with van der Waals surface area (Å²) in [5, 5.41) is 11.5. The molecular weight excluding hydrogens is 376 g/mol. The number of thioether (sulfide) groups is 1. The van der Waals surface area contributed by atoms with Gasteiger partial charge in [-0.1, -0.05) is 11.8 Å². The van der Waals surface area contributed by atoms with Crippen molar-refractivity contribution in [3.63, 3.8) is 0 Å². The van der Waals surface area contributed by atoms with Gasteiger partial charge >= 0.3 is 0 Å². The smallest absolute Gasteiger partial charge is 0.234 e. The van der Waals surface area contributed by atoms with E-state index in [1.54, 1.807) is 12.3 Å². The first-order valence-corrected chi connectivity index (χ1v) is 10.1. The van der Waals surface area contributed by atoms with Crippen LogP contribution in [-0.4, -0.2) is 39.6 Å². The number of carbonyl (C=O) groups is 1. The predicted molar refractivity (Wildman–Crippen MR) is 110 cm³/mol. The Morgan fingerprint density at radius 2 is 1.96 bits per heavy atom. The van der Waals surface area contributed by atoms with Crippen molar-refractivity contribution in [1.82, 2.24) is 14.9 Å². The second-order valence-electron chi connectivity index (χ2n) is 6.64. The number of amides is 1. The van der Waals surface area contributed by atoms with Gasteiger partial charge in [-0.25, -0.2) is 4.68 Å². The lowest BCUT2D eigenvalue weighted by Crippen LogP contribution is -2.18. The van der Waals surface area contributed by atoms with Crippen molar-refractivity contribution in [2.45, 2.75) is 24.9 Å². The Morgan fingerprint density at radius 3 is 2.64 bits per heavy atom. The monoisotopic (exact) mass is 398 g/mol. The fourth-order valence-electron chi connectivity index (χ4n) is 3.23. The Bertz CT molecular complexity index is 959. The fraction of sp³-hybridized carbons (Fsp3) is 0.316. The van der Waals surface area contributed by atoms with Crippen molar-refractivity contribution in [2.75, 3.05) is 34.9 Å². The Hall–Kier alpha value is -2.94. The molecule has 1 fully saturated rings. The van der Waals surface area contributed by atoms with E-state index in [4.69, 9.17) is 10.3 Å². The fourth-order valence-corrected chi connectivity index (χ4v) is 3.89. The highest BCUT2D eigenvalue weighted by Crippen LogP contribution is 2.25. The third-order valence-electron chi connectivity index (χ3n) is 4.72. The quantitative estimate of drug-likeness (QED) is 0.486. The van der Waals surface area contributed by atoms with E-state index in [-0.39, 0.29) is 11.7 Å². The molecule has 8 nitrogen and oxygen atoms in total. The van der Waals surface area contributed by atoms with Crippen molar-refractivity contribution >= 4 is 29.0 Å². The number of hydrogen-bond acceptors (Lipinski definition) is 7. The van der Waals surface area contributed by atoms with E-state index in [1.807, 2.05) is 31.2 Å². The summed E-state index contributed by atoms with van der Waals surface area (Å²) in [5.74, 6) is 7.36. The van der Waals surface area contributed by atoms with E-state index < -0.39 is 0 Å². The Labute approximate surface area is 167 Å². The van der Waals surface area contributed by atoms with Crippen LogP contribution in [0.2, 0.25) is 0 Å². The van der Waals surface area contributed by atoms with Gasteiger partial charge in [0.15, 0.2) is 5.82 Å². The maximum Gasteiger partial charge on any atom is 0.234 e. The molecule has 146 valence electrons. The van der Waals surface area contributed by atoms with E-state index in [2.05, 4.69) is 20.4 Å². The average molecular weight is 398 g/mol. The van der Waals surface area contributed by atoms with Crippen molar-refractivity contribution in [1.29, 1.82) is 0 Å². The number of aryl methyl sites for hydroxylation is 1. The number of benzene rings is 1. The molecule has 0 aliphatic carbocycles. The summed E-state index contributed by atoms with van der Waals surface area (Å²) in [7, 11) is 0. The highest BCUT2D eigenvalue weighted by molar-refractivity contribution is 7.99. The summed E-state index contributed by atoms with van der Waals surface area (Å²) in [6.07, 6.45) is 4.06. The van der Waals surface area contributed by atoms with Gasteiger partial charge in [0.05, 0.1) is 17.6 Å². The zero-order chi connectivity index (χ0) is 19.5. The molecule has 3 heterocycles. The summed E-state index contributed by atoms with van der Waals surface area (Å²) in [5.41, 5.74) is 2.75. The van der Waals surface area contributed by atoms with Crippen molar-refractivity contribution in [3.05, 3.63) is 42.4 Å². The van der Waals surface area contributed by atoms with Crippen LogP contribution in [0.15, 0.2) is 46.2 Å². The standard InChI is InChI=1S/C19H22N6O2S/c1-13-16(8-11-27-13)18-22-23-19(25(18)20)28-12-17(26)21-14-4-6-15(7-5-14)24-9-2-3-10-24/h4-8,11H,2-3,9-10,12,20H2,1H3,(H,21,26). The molecule has 0 unspecified atom stereocenters. The summed E-state index contributed by atoms with van der Waals surface area (Å²) in [4.78, 5) is 14.6. The lowest BCUT2D eigenvalue weighted by atomic mass is 10.2. The summed E-state index contributed by atoms with van der Waals surface area (Å²) < 4.78 is 6.65. The molecule has 1 amide bonds. The molecule has 1 saturated heterocycles. The number of nitrogens with zero attached hydrogens (tertiary/aromatic N) is 4. The Kier molecular flexibility index (Phi) is 5.25. The maximum absolute atomic E-state index is 12.3. The van der Waals surface area contributed by atoms with E-state index in [0.29, 0.717) is 16.7 Å². The molecule has 28 heavy (non-hydrogen) atoms. The average Bonchev–Trinajstić information content (AvgIpc) is 3.43. The first-order valence-electron chi connectivity index (χ1n) is 9.14. The number of nitrogens with one attached hydrogen (secondary N) is 1. The number of aromatic nitrogens is 3. The predicted octanol–water partition coefficient (Wildman–Crippen LogP) is 2.89. The summed E-state index contributed by atoms with van der Waals surface area (Å²) in [6.45, 7) is 4.03. The van der Waals surface area contributed by atoms with Crippen LogP contribution in [0.25, 0.3) is 11.4 Å². The number of hydrogen-bond donors (Lipinski definition) is 2. The molecule has 0 saturated carbocycles. The highest BCUT2D eigenvalue weighted by atomic mass is 32.2. The number of furan rings is 1. The summed E-state index contributed by atoms with van der Waals surface area (Å²) in [6, 6.07) is 9.74. The van der Waals surface area contributed by atoms with Crippen molar-refractivity contribution in [2.24, 2.45) is 0 Å². The number of anilines is 2. The van der Waals surface area contributed by atoms with E-state index in [0.717, 1.165) is 24.3 Å². The molecule has 9 heteroatoms. The third-order valence-corrected chi connectivity index (χ3v) is 5.66. The van der Waals surface area contributed by atoms with Gasteiger partial charge in [-0.15, -0.1) is 10.2 Å². The number of nitrogen functional groups attached to an aromatic ring is 1. The molecule has 3 N–H and O–H groups in total. The lowest BCUT2D eigenvalue weighted by molar-refractivity contribution is -0.113. The molecule has 1 aliphatic heterocycles. The molecule has 1 aromatic carbocycles. The van der Waals surface area contributed by atoms with E-state index >= 15 is 0 Å². The first kappa shape index (κ1) is 18.4. The minimum Gasteiger partial charge on any atom is -0.469 e. The van der Waals surface area contributed by atoms with Crippen LogP contribution in [-0.2, 0) is 4.79 Å². The zero-order valence-electron chi connectivity index (χ0n) is 15.6. The normalized spacial score (nSPS) is 13.8. The number of carbonyl (C=O) groups excluding carboxylic acids is 1. The minimum atomic E-state index is -0.122. The first-order chi connectivity index (χ1) is 13.6. The van der Waals surface area contributed by atoms with Gasteiger partial charge in [0.25, 0.3) is 0 Å². The largest absolute Gasteiger partial charge is 0.469 e. The molecular formula is C19H22N6O2S. The van der Waals surface area contributed by atoms with Crippen LogP contribution in [0.1, 0.15) is 18.6 Å². The Morgan fingerprint density at radius 1 is 1.21 bits per heavy atom. The lowest BCUT2D eigenvalue weighted by Gasteiger charge is -2.17. The van der Waals surface area contributed by atoms with Gasteiger partial charge in [-0.2, -0.15) is 0 Å². The van der Waals surface area contributed by atoms with Crippen LogP contribution >= 0.6 is 11.8 Å². The van der Waals surface area contributed by atoms with Crippen LogP contribution in [0, 0.1) is 6.92 Å². The van der Waals surface area contributed by atoms with E-state index in [1.165, 1.54) is 35.0 Å². The van der Waals surface area contributed by atoms with Gasteiger partial charge in [0, 0.05) is 24.5 Å². The van der Waals surface area contributed by atoms with Gasteiger partial charge in [0.1, 0.15) is 5.76 Å². The van der Waals surface area contributed by atoms with Crippen LogP contribution in [0.4, 0.5) is 11.4 Å². The highest BCUT2D eigenvalue weighted by Gasteiger charge is 2.17. The molecule has 0 bridgehead atoms. The second kappa shape index (κ2) is 7.97. The van der Waals surface area contributed by atoms with Crippen LogP contribution in [0.3, 0.4) is 0 Å². The van der Waals surface area contributed by atoms with Crippen LogP contribution in [0.5, 0.6) is 0 Å². The van der Waals surface area contributed by atoms with Gasteiger partial charge in [-0.3, -0.25) is 4.79 Å². The minimum absolute atomic E-state index is 0.122. The molecule has 1 aliphatic rings. The van der Waals surface area contributed by atoms with Gasteiger partial charge in [-0.05, 0) is 50.1 Å². The second-order valence-corrected chi connectivity index (χ2v) is 7.59. The number of nitrogens with two attached hydrogens (primary N) is 1. The van der Waals surface area contributed by atoms with E-state index in [9.17, 15) is 4.79 Å². The Balaban J connectivity index is 1.33. The molecule has 4 rings (SSSR count). The molecule has 2 aromatic heterocycles. The molecule has 3 aromatic rings. The third kappa shape index (κ3) is 3.84. The zero-order valence-corrected chi connectivity index (χ0v) is 16.4. The topological polar surface area (TPSA) is 102 Å². The molecule has 0 radical (unpaired) electrons. The van der Waals surface area contributed by atoms with Crippen molar-refractivity contribution < 1.29 is 9.21 Å². The number of rotatable bonds is 6. The van der Waals surface area contributed by atoms with Crippen LogP contribution < -0.4 is 16.1 Å². The summed E-state index contributed by atoms with van der Waals surface area (Å²) >= 11 is 1.24. The van der Waals surface area contributed by atoms with Gasteiger partial charge < -0.3 is 20.5 Å². The van der Waals surface area contributed by atoms with Gasteiger partial charge in [0.2, 0.25) is 11.1 Å². The SMILES string of the molecule is Cc1occc1-c1nnc(SCC(=O)Nc2ccc(N3CCCC3)cc2)n1N. The molecule has 0 atom stereocenters.